The molecule has 1 aromatic heterocycles. The quantitative estimate of drug-likeness (QED) is 0.601. The highest BCUT2D eigenvalue weighted by Crippen LogP contribution is 2.31. The van der Waals surface area contributed by atoms with E-state index in [9.17, 15) is 4.79 Å². The smallest absolute Gasteiger partial charge is 0.351 e. The molecule has 7 heteroatoms. The van der Waals surface area contributed by atoms with E-state index in [1.54, 1.807) is 16.3 Å². The average Bonchev–Trinajstić information content (AvgIpc) is 3.01. The maximum atomic E-state index is 12.6. The highest BCUT2D eigenvalue weighted by atomic mass is 32.2. The number of ether oxygens (including phenoxy) is 2. The normalized spacial score (nSPS) is 20.2. The van der Waals surface area contributed by atoms with Crippen molar-refractivity contribution in [1.82, 2.24) is 9.55 Å². The van der Waals surface area contributed by atoms with E-state index in [0.29, 0.717) is 24.4 Å². The Labute approximate surface area is 167 Å². The van der Waals surface area contributed by atoms with Crippen LogP contribution in [0.2, 0.25) is 0 Å². The Bertz CT molecular complexity index is 623. The van der Waals surface area contributed by atoms with Gasteiger partial charge in [0, 0.05) is 31.6 Å². The van der Waals surface area contributed by atoms with Crippen molar-refractivity contribution < 1.29 is 9.47 Å². The topological polar surface area (TPSA) is 56.6 Å². The second-order valence-electron chi connectivity index (χ2n) is 8.45. The van der Waals surface area contributed by atoms with Gasteiger partial charge in [-0.3, -0.25) is 4.57 Å². The summed E-state index contributed by atoms with van der Waals surface area (Å²) in [5.41, 5.74) is -0.280. The predicted molar refractivity (Wildman–Crippen MR) is 112 cm³/mol. The number of thioether (sulfide) groups is 1. The third-order valence-corrected chi connectivity index (χ3v) is 5.16. The predicted octanol–water partition coefficient (Wildman–Crippen LogP) is 3.62. The Balaban J connectivity index is 2.02. The van der Waals surface area contributed by atoms with Crippen LogP contribution in [0.1, 0.15) is 47.8 Å². The minimum Gasteiger partial charge on any atom is -0.378 e. The van der Waals surface area contributed by atoms with E-state index in [-0.39, 0.29) is 17.4 Å². The van der Waals surface area contributed by atoms with Gasteiger partial charge in [-0.1, -0.05) is 41.5 Å². The summed E-state index contributed by atoms with van der Waals surface area (Å²) in [6, 6.07) is 1.93. The Morgan fingerprint density at radius 3 is 2.44 bits per heavy atom. The molecular weight excluding hydrogens is 362 g/mol. The van der Waals surface area contributed by atoms with Gasteiger partial charge in [-0.2, -0.15) is 4.98 Å². The van der Waals surface area contributed by atoms with Crippen LogP contribution in [-0.4, -0.2) is 47.0 Å². The highest BCUT2D eigenvalue weighted by molar-refractivity contribution is 8.00. The molecule has 154 valence electrons. The zero-order valence-electron chi connectivity index (χ0n) is 17.6. The van der Waals surface area contributed by atoms with Crippen LogP contribution in [0.5, 0.6) is 0 Å². The van der Waals surface area contributed by atoms with Crippen molar-refractivity contribution in [3.63, 3.8) is 0 Å². The third-order valence-electron chi connectivity index (χ3n) is 4.06. The average molecular weight is 398 g/mol. The Hall–Kier alpha value is -1.05. The van der Waals surface area contributed by atoms with Crippen molar-refractivity contribution in [2.75, 3.05) is 37.0 Å². The first kappa shape index (κ1) is 22.2. The lowest BCUT2D eigenvalue weighted by Crippen LogP contribution is -2.35. The van der Waals surface area contributed by atoms with Gasteiger partial charge < -0.3 is 14.4 Å². The SMILES string of the molecule is CC(C)COC[C@H]1O[C@@H](n2ccc(N(CC(C)C)CC(C)C)nc2=O)CS1. The van der Waals surface area contributed by atoms with Crippen LogP contribution in [0.15, 0.2) is 17.1 Å². The van der Waals surface area contributed by atoms with E-state index < -0.39 is 0 Å². The van der Waals surface area contributed by atoms with Gasteiger partial charge >= 0.3 is 5.69 Å². The van der Waals surface area contributed by atoms with Crippen LogP contribution in [0.4, 0.5) is 5.82 Å². The van der Waals surface area contributed by atoms with E-state index in [0.717, 1.165) is 31.3 Å². The fourth-order valence-corrected chi connectivity index (χ4v) is 4.04. The molecule has 0 radical (unpaired) electrons. The lowest BCUT2D eigenvalue weighted by molar-refractivity contribution is -0.0286. The molecule has 1 aliphatic heterocycles. The van der Waals surface area contributed by atoms with Crippen molar-refractivity contribution in [1.29, 1.82) is 0 Å². The molecule has 2 rings (SSSR count). The molecule has 2 atom stereocenters. The van der Waals surface area contributed by atoms with Crippen molar-refractivity contribution >= 4 is 17.6 Å². The summed E-state index contributed by atoms with van der Waals surface area (Å²) >= 11 is 1.69. The molecule has 1 saturated heterocycles. The maximum Gasteiger partial charge on any atom is 0.351 e. The van der Waals surface area contributed by atoms with Crippen molar-refractivity contribution in [3.8, 4) is 0 Å². The maximum absolute atomic E-state index is 12.6. The van der Waals surface area contributed by atoms with Gasteiger partial charge in [0.2, 0.25) is 0 Å². The largest absolute Gasteiger partial charge is 0.378 e. The molecule has 0 saturated carbocycles. The molecule has 0 N–H and O–H groups in total. The van der Waals surface area contributed by atoms with E-state index in [1.165, 1.54) is 0 Å². The van der Waals surface area contributed by atoms with Gasteiger partial charge in [0.1, 0.15) is 17.5 Å². The van der Waals surface area contributed by atoms with Crippen molar-refractivity contribution in [3.05, 3.63) is 22.7 Å². The van der Waals surface area contributed by atoms with Gasteiger partial charge in [0.25, 0.3) is 0 Å². The standard InChI is InChI=1S/C20H35N3O3S/c1-14(2)9-22(10-15(3)4)17-7-8-23(20(24)21-17)18-13-27-19(26-18)12-25-11-16(5)6/h7-8,14-16,18-19H,9-13H2,1-6H3/t18-,19+/m1/s1. The number of nitrogens with zero attached hydrogens (tertiary/aromatic N) is 3. The van der Waals surface area contributed by atoms with Crippen LogP contribution in [-0.2, 0) is 9.47 Å². The summed E-state index contributed by atoms with van der Waals surface area (Å²) in [4.78, 5) is 19.2. The monoisotopic (exact) mass is 397 g/mol. The van der Waals surface area contributed by atoms with Gasteiger partial charge in [-0.15, -0.1) is 11.8 Å². The zero-order chi connectivity index (χ0) is 20.0. The Kier molecular flexibility index (Phi) is 8.63. The third kappa shape index (κ3) is 7.12. The molecule has 0 bridgehead atoms. The zero-order valence-corrected chi connectivity index (χ0v) is 18.4. The van der Waals surface area contributed by atoms with Crippen LogP contribution in [0.25, 0.3) is 0 Å². The Morgan fingerprint density at radius 2 is 1.89 bits per heavy atom. The summed E-state index contributed by atoms with van der Waals surface area (Å²) in [6.07, 6.45) is 1.54. The molecule has 0 amide bonds. The molecule has 0 unspecified atom stereocenters. The number of anilines is 1. The van der Waals surface area contributed by atoms with Crippen molar-refractivity contribution in [2.24, 2.45) is 17.8 Å². The van der Waals surface area contributed by atoms with Gasteiger partial charge in [-0.25, -0.2) is 4.79 Å². The highest BCUT2D eigenvalue weighted by Gasteiger charge is 2.28. The van der Waals surface area contributed by atoms with E-state index >= 15 is 0 Å². The molecule has 0 aromatic carbocycles. The minimum absolute atomic E-state index is 0.0290. The molecule has 6 nitrogen and oxygen atoms in total. The lowest BCUT2D eigenvalue weighted by atomic mass is 10.1. The van der Waals surface area contributed by atoms with Crippen molar-refractivity contribution in [2.45, 2.75) is 53.2 Å². The molecule has 0 spiro atoms. The Morgan fingerprint density at radius 1 is 1.22 bits per heavy atom. The van der Waals surface area contributed by atoms with Crippen LogP contribution in [0.3, 0.4) is 0 Å². The lowest BCUT2D eigenvalue weighted by Gasteiger charge is -2.27. The summed E-state index contributed by atoms with van der Waals surface area (Å²) < 4.78 is 13.2. The number of hydrogen-bond donors (Lipinski definition) is 0. The first-order valence-electron chi connectivity index (χ1n) is 9.95. The fourth-order valence-electron chi connectivity index (χ4n) is 3.02. The number of hydrogen-bond acceptors (Lipinski definition) is 6. The number of aromatic nitrogens is 2. The molecule has 0 aliphatic carbocycles. The fraction of sp³-hybridized carbons (Fsp3) is 0.800. The van der Waals surface area contributed by atoms with Crippen LogP contribution in [0, 0.1) is 17.8 Å². The molecule has 1 fully saturated rings. The second-order valence-corrected chi connectivity index (χ2v) is 9.65. The van der Waals surface area contributed by atoms with E-state index in [4.69, 9.17) is 9.47 Å². The van der Waals surface area contributed by atoms with Gasteiger partial charge in [0.15, 0.2) is 0 Å². The first-order chi connectivity index (χ1) is 12.8. The number of rotatable bonds is 10. The van der Waals surface area contributed by atoms with E-state index in [2.05, 4.69) is 51.4 Å². The summed E-state index contributed by atoms with van der Waals surface area (Å²) in [6.45, 7) is 16.0. The summed E-state index contributed by atoms with van der Waals surface area (Å²) in [5.74, 6) is 3.01. The second kappa shape index (κ2) is 10.5. The van der Waals surface area contributed by atoms with Crippen LogP contribution < -0.4 is 10.6 Å². The summed E-state index contributed by atoms with van der Waals surface area (Å²) in [7, 11) is 0. The van der Waals surface area contributed by atoms with E-state index in [1.807, 2.05) is 12.3 Å². The van der Waals surface area contributed by atoms with Gasteiger partial charge in [0.05, 0.1) is 6.61 Å². The van der Waals surface area contributed by atoms with Gasteiger partial charge in [-0.05, 0) is 23.8 Å². The first-order valence-corrected chi connectivity index (χ1v) is 11.0. The molecule has 1 aromatic rings. The molecule has 2 heterocycles. The molecule has 1 aliphatic rings. The molecule has 27 heavy (non-hydrogen) atoms. The van der Waals surface area contributed by atoms with Crippen LogP contribution >= 0.6 is 11.8 Å². The minimum atomic E-state index is -0.277. The molecular formula is C20H35N3O3S. The summed E-state index contributed by atoms with van der Waals surface area (Å²) in [5, 5.41) is 0.